The largest absolute Gasteiger partial charge is 0.507 e. The maximum absolute atomic E-state index is 12.2. The first-order valence-electron chi connectivity index (χ1n) is 5.69. The fourth-order valence-electron chi connectivity index (χ4n) is 1.92. The van der Waals surface area contributed by atoms with Crippen molar-refractivity contribution in [2.75, 3.05) is 24.6 Å². The predicted octanol–water partition coefficient (Wildman–Crippen LogP) is 0.571. The van der Waals surface area contributed by atoms with Crippen molar-refractivity contribution in [3.63, 3.8) is 0 Å². The minimum atomic E-state index is -3.01. The maximum Gasteiger partial charge on any atom is 0.257 e. The number of phenols is 1. The van der Waals surface area contributed by atoms with E-state index in [9.17, 15) is 18.3 Å². The second-order valence-corrected chi connectivity index (χ2v) is 6.72. The molecule has 0 radical (unpaired) electrons. The highest BCUT2D eigenvalue weighted by Gasteiger charge is 2.27. The number of nitrogens with zero attached hydrogens (tertiary/aromatic N) is 1. The molecule has 1 heterocycles. The molecule has 1 N–H and O–H groups in total. The Morgan fingerprint density at radius 2 is 1.89 bits per heavy atom. The summed E-state index contributed by atoms with van der Waals surface area (Å²) < 4.78 is 22.6. The summed E-state index contributed by atoms with van der Waals surface area (Å²) in [5.41, 5.74) is 0.861. The number of phenolic OH excluding ortho intramolecular Hbond substituents is 1. The van der Waals surface area contributed by atoms with E-state index in [1.165, 1.54) is 4.90 Å². The van der Waals surface area contributed by atoms with Gasteiger partial charge in [-0.2, -0.15) is 0 Å². The van der Waals surface area contributed by atoms with E-state index >= 15 is 0 Å². The number of carbonyl (C=O) groups is 1. The molecule has 1 saturated heterocycles. The fourth-order valence-corrected chi connectivity index (χ4v) is 3.12. The lowest BCUT2D eigenvalue weighted by Gasteiger charge is -2.27. The van der Waals surface area contributed by atoms with Gasteiger partial charge in [0.05, 0.1) is 17.1 Å². The number of benzene rings is 1. The highest BCUT2D eigenvalue weighted by atomic mass is 32.2. The first kappa shape index (κ1) is 12.9. The Morgan fingerprint density at radius 1 is 1.28 bits per heavy atom. The van der Waals surface area contributed by atoms with E-state index in [4.69, 9.17) is 0 Å². The van der Waals surface area contributed by atoms with E-state index < -0.39 is 9.84 Å². The molecule has 2 rings (SSSR count). The third kappa shape index (κ3) is 2.48. The van der Waals surface area contributed by atoms with Crippen LogP contribution in [-0.2, 0) is 9.84 Å². The summed E-state index contributed by atoms with van der Waals surface area (Å²) in [6.07, 6.45) is 0. The molecule has 5 nitrogen and oxygen atoms in total. The number of hydrogen-bond acceptors (Lipinski definition) is 4. The normalized spacial score (nSPS) is 18.6. The first-order chi connectivity index (χ1) is 8.41. The Balaban J connectivity index is 2.20. The van der Waals surface area contributed by atoms with Crippen LogP contribution in [0.15, 0.2) is 18.2 Å². The van der Waals surface area contributed by atoms with E-state index in [1.807, 2.05) is 0 Å². The zero-order valence-electron chi connectivity index (χ0n) is 10.1. The summed E-state index contributed by atoms with van der Waals surface area (Å²) in [4.78, 5) is 13.6. The molecular weight excluding hydrogens is 254 g/mol. The number of rotatable bonds is 1. The lowest BCUT2D eigenvalue weighted by atomic mass is 10.1. The highest BCUT2D eigenvalue weighted by Crippen LogP contribution is 2.23. The highest BCUT2D eigenvalue weighted by molar-refractivity contribution is 7.91. The molecule has 1 aliphatic rings. The van der Waals surface area contributed by atoms with Gasteiger partial charge in [0.15, 0.2) is 9.84 Å². The Labute approximate surface area is 106 Å². The van der Waals surface area contributed by atoms with E-state index in [0.29, 0.717) is 5.56 Å². The van der Waals surface area contributed by atoms with Crippen molar-refractivity contribution in [3.05, 3.63) is 29.3 Å². The SMILES string of the molecule is Cc1cccc(C(=O)N2CCS(=O)(=O)CC2)c1O. The fraction of sp³-hybridized carbons (Fsp3) is 0.417. The Kier molecular flexibility index (Phi) is 3.30. The smallest absolute Gasteiger partial charge is 0.257 e. The van der Waals surface area contributed by atoms with Gasteiger partial charge < -0.3 is 10.0 Å². The van der Waals surface area contributed by atoms with E-state index in [2.05, 4.69) is 0 Å². The standard InChI is InChI=1S/C12H15NO4S/c1-9-3-2-4-10(11(9)14)12(15)13-5-7-18(16,17)8-6-13/h2-4,14H,5-8H2,1H3. The molecule has 0 atom stereocenters. The lowest BCUT2D eigenvalue weighted by Crippen LogP contribution is -2.43. The Bertz CT molecular complexity index is 566. The second kappa shape index (κ2) is 4.61. The van der Waals surface area contributed by atoms with Gasteiger partial charge in [0.1, 0.15) is 5.75 Å². The minimum absolute atomic E-state index is 0.00861. The number of carbonyl (C=O) groups excluding carboxylic acids is 1. The van der Waals surface area contributed by atoms with Gasteiger partial charge in [-0.1, -0.05) is 12.1 Å². The number of amides is 1. The van der Waals surface area contributed by atoms with Crippen molar-refractivity contribution in [2.24, 2.45) is 0 Å². The monoisotopic (exact) mass is 269 g/mol. The first-order valence-corrected chi connectivity index (χ1v) is 7.51. The molecule has 1 aliphatic heterocycles. The molecule has 98 valence electrons. The van der Waals surface area contributed by atoms with Crippen LogP contribution in [0, 0.1) is 6.92 Å². The zero-order chi connectivity index (χ0) is 13.3. The molecule has 0 bridgehead atoms. The van der Waals surface area contributed by atoms with Crippen molar-refractivity contribution in [1.82, 2.24) is 4.90 Å². The third-order valence-electron chi connectivity index (χ3n) is 3.10. The average Bonchev–Trinajstić information content (AvgIpc) is 2.32. The van der Waals surface area contributed by atoms with Gasteiger partial charge in [-0.25, -0.2) is 8.42 Å². The van der Waals surface area contributed by atoms with Crippen LogP contribution in [0.3, 0.4) is 0 Å². The van der Waals surface area contributed by atoms with Gasteiger partial charge in [-0.3, -0.25) is 4.79 Å². The molecule has 1 amide bonds. The molecule has 0 aromatic heterocycles. The Hall–Kier alpha value is -1.56. The summed E-state index contributed by atoms with van der Waals surface area (Å²) in [5, 5.41) is 9.84. The summed E-state index contributed by atoms with van der Waals surface area (Å²) in [6, 6.07) is 4.96. The van der Waals surface area contributed by atoms with Gasteiger partial charge in [0.25, 0.3) is 5.91 Å². The topological polar surface area (TPSA) is 74.7 Å². The van der Waals surface area contributed by atoms with Gasteiger partial charge in [-0.05, 0) is 18.6 Å². The summed E-state index contributed by atoms with van der Waals surface area (Å²) in [5.74, 6) is -0.363. The average molecular weight is 269 g/mol. The molecule has 1 aromatic rings. The van der Waals surface area contributed by atoms with Crippen LogP contribution in [0.5, 0.6) is 5.75 Å². The molecule has 18 heavy (non-hydrogen) atoms. The number of hydrogen-bond donors (Lipinski definition) is 1. The molecule has 0 saturated carbocycles. The van der Waals surface area contributed by atoms with Gasteiger partial charge in [0.2, 0.25) is 0 Å². The summed E-state index contributed by atoms with van der Waals surface area (Å²) >= 11 is 0. The molecule has 0 aliphatic carbocycles. The van der Waals surface area contributed by atoms with Crippen LogP contribution in [0.2, 0.25) is 0 Å². The van der Waals surface area contributed by atoms with Crippen LogP contribution in [-0.4, -0.2) is 48.9 Å². The molecule has 6 heteroatoms. The maximum atomic E-state index is 12.2. The van der Waals surface area contributed by atoms with Crippen molar-refractivity contribution in [2.45, 2.75) is 6.92 Å². The van der Waals surface area contributed by atoms with E-state index in [0.717, 1.165) is 0 Å². The quantitative estimate of drug-likeness (QED) is 0.809. The van der Waals surface area contributed by atoms with E-state index in [-0.39, 0.29) is 41.8 Å². The number of sulfone groups is 1. The molecule has 1 aromatic carbocycles. The van der Waals surface area contributed by atoms with E-state index in [1.54, 1.807) is 25.1 Å². The van der Waals surface area contributed by atoms with Crippen LogP contribution >= 0.6 is 0 Å². The molecule has 0 unspecified atom stereocenters. The molecule has 1 fully saturated rings. The van der Waals surface area contributed by atoms with Crippen molar-refractivity contribution in [1.29, 1.82) is 0 Å². The van der Waals surface area contributed by atoms with Crippen molar-refractivity contribution >= 4 is 15.7 Å². The molecular formula is C12H15NO4S. The van der Waals surface area contributed by atoms with Crippen molar-refractivity contribution < 1.29 is 18.3 Å². The lowest BCUT2D eigenvalue weighted by molar-refractivity contribution is 0.0767. The third-order valence-corrected chi connectivity index (χ3v) is 4.71. The van der Waals surface area contributed by atoms with Crippen LogP contribution < -0.4 is 0 Å². The van der Waals surface area contributed by atoms with Crippen molar-refractivity contribution in [3.8, 4) is 5.75 Å². The second-order valence-electron chi connectivity index (χ2n) is 4.42. The van der Waals surface area contributed by atoms with Gasteiger partial charge >= 0.3 is 0 Å². The summed E-state index contributed by atoms with van der Waals surface area (Å²) in [6.45, 7) is 2.09. The van der Waals surface area contributed by atoms with Crippen LogP contribution in [0.25, 0.3) is 0 Å². The number of para-hydroxylation sites is 1. The predicted molar refractivity (Wildman–Crippen MR) is 67.4 cm³/mol. The van der Waals surface area contributed by atoms with Gasteiger partial charge in [0, 0.05) is 13.1 Å². The number of aromatic hydroxyl groups is 1. The van der Waals surface area contributed by atoms with Crippen LogP contribution in [0.1, 0.15) is 15.9 Å². The van der Waals surface area contributed by atoms with Gasteiger partial charge in [-0.15, -0.1) is 0 Å². The summed E-state index contributed by atoms with van der Waals surface area (Å²) in [7, 11) is -3.01. The zero-order valence-corrected chi connectivity index (χ0v) is 10.9. The molecule has 0 spiro atoms. The van der Waals surface area contributed by atoms with Crippen LogP contribution in [0.4, 0.5) is 0 Å². The number of aryl methyl sites for hydroxylation is 1. The Morgan fingerprint density at radius 3 is 2.50 bits per heavy atom. The minimum Gasteiger partial charge on any atom is -0.507 e.